The summed E-state index contributed by atoms with van der Waals surface area (Å²) < 4.78 is 10.0. The summed E-state index contributed by atoms with van der Waals surface area (Å²) in [5.74, 6) is -0.371. The van der Waals surface area contributed by atoms with Crippen molar-refractivity contribution in [1.82, 2.24) is 0 Å². The highest BCUT2D eigenvalue weighted by atomic mass is 16.5. The zero-order chi connectivity index (χ0) is 15.0. The van der Waals surface area contributed by atoms with Crippen LogP contribution in [0, 0.1) is 0 Å². The molecule has 0 amide bonds. The van der Waals surface area contributed by atoms with Crippen LogP contribution in [0.4, 0.5) is 0 Å². The summed E-state index contributed by atoms with van der Waals surface area (Å²) in [7, 11) is 0. The van der Waals surface area contributed by atoms with Crippen LogP contribution in [0.1, 0.15) is 38.7 Å². The second-order valence-corrected chi connectivity index (χ2v) is 4.61. The van der Waals surface area contributed by atoms with E-state index in [2.05, 4.69) is 0 Å². The first-order chi connectivity index (χ1) is 9.54. The molecule has 0 radical (unpaired) electrons. The number of carbonyl (C=O) groups excluding carboxylic acids is 2. The van der Waals surface area contributed by atoms with Crippen molar-refractivity contribution in [3.05, 3.63) is 42.0 Å². The van der Waals surface area contributed by atoms with Crippen LogP contribution in [-0.4, -0.2) is 18.5 Å². The molecule has 0 aromatic heterocycles. The number of ether oxygens (including phenoxy) is 2. The van der Waals surface area contributed by atoms with Gasteiger partial charge in [0.1, 0.15) is 5.75 Å². The van der Waals surface area contributed by atoms with Crippen LogP contribution in [0.15, 0.2) is 36.4 Å². The first-order valence-electron chi connectivity index (χ1n) is 6.70. The number of benzene rings is 1. The van der Waals surface area contributed by atoms with Crippen molar-refractivity contribution in [2.24, 2.45) is 0 Å². The van der Waals surface area contributed by atoms with Crippen LogP contribution in [0.3, 0.4) is 0 Å². The van der Waals surface area contributed by atoms with E-state index < -0.39 is 11.9 Å². The van der Waals surface area contributed by atoms with E-state index in [4.69, 9.17) is 9.47 Å². The van der Waals surface area contributed by atoms with E-state index in [0.29, 0.717) is 12.4 Å². The minimum Gasteiger partial charge on any atom is -0.463 e. The van der Waals surface area contributed by atoms with E-state index in [1.54, 1.807) is 12.1 Å². The second kappa shape index (κ2) is 8.15. The van der Waals surface area contributed by atoms with Crippen molar-refractivity contribution in [3.8, 4) is 5.75 Å². The minimum atomic E-state index is -0.591. The Bertz CT molecular complexity index is 489. The molecule has 4 heteroatoms. The molecule has 1 aromatic rings. The zero-order valence-corrected chi connectivity index (χ0v) is 12.1. The molecule has 1 rings (SSSR count). The Balaban J connectivity index is 2.63. The van der Waals surface area contributed by atoms with Gasteiger partial charge < -0.3 is 9.47 Å². The van der Waals surface area contributed by atoms with Gasteiger partial charge in [0.25, 0.3) is 0 Å². The summed E-state index contributed by atoms with van der Waals surface area (Å²) in [5.41, 5.74) is 0.947. The minimum absolute atomic E-state index is 0.248. The normalized spacial score (nSPS) is 10.8. The van der Waals surface area contributed by atoms with Gasteiger partial charge >= 0.3 is 11.9 Å². The highest BCUT2D eigenvalue weighted by Crippen LogP contribution is 2.25. The van der Waals surface area contributed by atoms with Crippen LogP contribution in [0.5, 0.6) is 5.75 Å². The van der Waals surface area contributed by atoms with Gasteiger partial charge in [0, 0.05) is 12.2 Å². The van der Waals surface area contributed by atoms with E-state index in [1.807, 2.05) is 32.9 Å². The maximum Gasteiger partial charge on any atom is 0.336 e. The van der Waals surface area contributed by atoms with Crippen molar-refractivity contribution in [1.29, 1.82) is 0 Å². The molecule has 0 N–H and O–H groups in total. The van der Waals surface area contributed by atoms with E-state index in [9.17, 15) is 9.59 Å². The van der Waals surface area contributed by atoms with E-state index >= 15 is 0 Å². The SMILES string of the molecule is CCCOC(=O)/C=C/C(=O)Oc1ccccc1C(C)C. The third-order valence-electron chi connectivity index (χ3n) is 2.56. The van der Waals surface area contributed by atoms with Crippen LogP contribution < -0.4 is 4.74 Å². The molecule has 0 spiro atoms. The lowest BCUT2D eigenvalue weighted by Gasteiger charge is -2.11. The molecule has 0 aliphatic carbocycles. The molecule has 20 heavy (non-hydrogen) atoms. The number of carbonyl (C=O) groups is 2. The van der Waals surface area contributed by atoms with Crippen molar-refractivity contribution in [2.75, 3.05) is 6.61 Å². The molecule has 1 aromatic carbocycles. The molecule has 0 saturated carbocycles. The molecule has 108 valence electrons. The Morgan fingerprint density at radius 2 is 1.80 bits per heavy atom. The van der Waals surface area contributed by atoms with Gasteiger partial charge in [-0.05, 0) is 24.0 Å². The lowest BCUT2D eigenvalue weighted by Crippen LogP contribution is -2.08. The van der Waals surface area contributed by atoms with Gasteiger partial charge in [-0.25, -0.2) is 9.59 Å². The van der Waals surface area contributed by atoms with Crippen molar-refractivity contribution in [2.45, 2.75) is 33.1 Å². The fourth-order valence-electron chi connectivity index (χ4n) is 1.58. The number of para-hydroxylation sites is 1. The predicted molar refractivity (Wildman–Crippen MR) is 76.6 cm³/mol. The van der Waals surface area contributed by atoms with Gasteiger partial charge in [0.15, 0.2) is 0 Å². The quantitative estimate of drug-likeness (QED) is 0.455. The van der Waals surface area contributed by atoms with Gasteiger partial charge in [-0.15, -0.1) is 0 Å². The Morgan fingerprint density at radius 3 is 2.45 bits per heavy atom. The standard InChI is InChI=1S/C16H20O4/c1-4-11-19-15(17)9-10-16(18)20-14-8-6-5-7-13(14)12(2)3/h5-10,12H,4,11H2,1-3H3/b10-9+. The number of rotatable bonds is 6. The largest absolute Gasteiger partial charge is 0.463 e. The van der Waals surface area contributed by atoms with E-state index in [0.717, 1.165) is 24.1 Å². The Morgan fingerprint density at radius 1 is 1.15 bits per heavy atom. The van der Waals surface area contributed by atoms with Gasteiger partial charge in [0.05, 0.1) is 6.61 Å². The topological polar surface area (TPSA) is 52.6 Å². The molecule has 0 bridgehead atoms. The molecule has 0 aliphatic rings. The summed E-state index contributed by atoms with van der Waals surface area (Å²) in [5, 5.41) is 0. The van der Waals surface area contributed by atoms with Crippen LogP contribution in [0.2, 0.25) is 0 Å². The molecule has 0 fully saturated rings. The Labute approximate surface area is 119 Å². The van der Waals surface area contributed by atoms with Crippen LogP contribution in [0.25, 0.3) is 0 Å². The Hall–Kier alpha value is -2.10. The third kappa shape index (κ3) is 5.26. The second-order valence-electron chi connectivity index (χ2n) is 4.61. The summed E-state index contributed by atoms with van der Waals surface area (Å²) in [6.07, 6.45) is 2.90. The maximum atomic E-state index is 11.6. The van der Waals surface area contributed by atoms with Gasteiger partial charge in [-0.1, -0.05) is 39.0 Å². The molecule has 0 heterocycles. The zero-order valence-electron chi connectivity index (χ0n) is 12.1. The molecular weight excluding hydrogens is 256 g/mol. The summed E-state index contributed by atoms with van der Waals surface area (Å²) in [6.45, 7) is 6.28. The first-order valence-corrected chi connectivity index (χ1v) is 6.70. The molecular formula is C16H20O4. The van der Waals surface area contributed by atoms with Crippen molar-refractivity contribution in [3.63, 3.8) is 0 Å². The lowest BCUT2D eigenvalue weighted by atomic mass is 10.0. The smallest absolute Gasteiger partial charge is 0.336 e. The number of hydrogen-bond donors (Lipinski definition) is 0. The first kappa shape index (κ1) is 16.0. The molecule has 0 saturated heterocycles. The molecule has 0 aliphatic heterocycles. The fourth-order valence-corrected chi connectivity index (χ4v) is 1.58. The van der Waals surface area contributed by atoms with Crippen LogP contribution in [-0.2, 0) is 14.3 Å². The third-order valence-corrected chi connectivity index (χ3v) is 2.56. The maximum absolute atomic E-state index is 11.6. The van der Waals surface area contributed by atoms with Gasteiger partial charge in [0.2, 0.25) is 0 Å². The summed E-state index contributed by atoms with van der Waals surface area (Å²) in [6, 6.07) is 7.33. The predicted octanol–water partition coefficient (Wildman–Crippen LogP) is 3.22. The van der Waals surface area contributed by atoms with Gasteiger partial charge in [-0.3, -0.25) is 0 Å². The van der Waals surface area contributed by atoms with E-state index in [-0.39, 0.29) is 5.92 Å². The summed E-state index contributed by atoms with van der Waals surface area (Å²) in [4.78, 5) is 22.9. The fraction of sp³-hybridized carbons (Fsp3) is 0.375. The average molecular weight is 276 g/mol. The highest BCUT2D eigenvalue weighted by Gasteiger charge is 2.09. The highest BCUT2D eigenvalue weighted by molar-refractivity contribution is 5.92. The number of hydrogen-bond acceptors (Lipinski definition) is 4. The monoisotopic (exact) mass is 276 g/mol. The summed E-state index contributed by atoms with van der Waals surface area (Å²) >= 11 is 0. The molecule has 0 unspecified atom stereocenters. The lowest BCUT2D eigenvalue weighted by molar-refractivity contribution is -0.138. The van der Waals surface area contributed by atoms with E-state index in [1.165, 1.54) is 0 Å². The molecule has 4 nitrogen and oxygen atoms in total. The molecule has 0 atom stereocenters. The average Bonchev–Trinajstić information content (AvgIpc) is 2.43. The van der Waals surface area contributed by atoms with Gasteiger partial charge in [-0.2, -0.15) is 0 Å². The van der Waals surface area contributed by atoms with Crippen LogP contribution >= 0.6 is 0 Å². The Kier molecular flexibility index (Phi) is 6.50. The van der Waals surface area contributed by atoms with Crippen molar-refractivity contribution >= 4 is 11.9 Å². The number of esters is 2. The van der Waals surface area contributed by atoms with Crippen molar-refractivity contribution < 1.29 is 19.1 Å².